The maximum absolute atomic E-state index is 12.4. The van der Waals surface area contributed by atoms with E-state index in [4.69, 9.17) is 16.3 Å². The van der Waals surface area contributed by atoms with Crippen LogP contribution in [0.3, 0.4) is 0 Å². The SMILES string of the molecule is COCCn1c(SCC(=O)Nc2ccc(Cl)cc2)nnc1-c1c[nH]c2ccccc12. The van der Waals surface area contributed by atoms with Crippen molar-refractivity contribution < 1.29 is 9.53 Å². The van der Waals surface area contributed by atoms with Gasteiger partial charge in [-0.15, -0.1) is 10.2 Å². The van der Waals surface area contributed by atoms with E-state index in [2.05, 4.69) is 20.5 Å². The van der Waals surface area contributed by atoms with Crippen molar-refractivity contribution in [3.8, 4) is 11.4 Å². The van der Waals surface area contributed by atoms with Crippen molar-refractivity contribution in [2.45, 2.75) is 11.7 Å². The molecule has 0 unspecified atom stereocenters. The molecule has 30 heavy (non-hydrogen) atoms. The number of carbonyl (C=O) groups excluding carboxylic acids is 1. The fourth-order valence-corrected chi connectivity index (χ4v) is 3.99. The Morgan fingerprint density at radius 1 is 1.20 bits per heavy atom. The Morgan fingerprint density at radius 3 is 2.80 bits per heavy atom. The number of hydrogen-bond donors (Lipinski definition) is 2. The van der Waals surface area contributed by atoms with Crippen LogP contribution in [0.2, 0.25) is 5.02 Å². The lowest BCUT2D eigenvalue weighted by Crippen LogP contribution is -2.15. The molecule has 0 saturated heterocycles. The van der Waals surface area contributed by atoms with E-state index in [-0.39, 0.29) is 11.7 Å². The molecule has 9 heteroatoms. The number of nitrogens with one attached hydrogen (secondary N) is 2. The van der Waals surface area contributed by atoms with E-state index in [1.807, 2.05) is 35.0 Å². The summed E-state index contributed by atoms with van der Waals surface area (Å²) in [5.41, 5.74) is 2.70. The number of amides is 1. The fraction of sp³-hybridized carbons (Fsp3) is 0.190. The van der Waals surface area contributed by atoms with Crippen LogP contribution in [0.15, 0.2) is 59.9 Å². The average Bonchev–Trinajstić information content (AvgIpc) is 3.36. The third kappa shape index (κ3) is 4.51. The van der Waals surface area contributed by atoms with Crippen LogP contribution in [-0.4, -0.2) is 45.1 Å². The number of thioether (sulfide) groups is 1. The predicted molar refractivity (Wildman–Crippen MR) is 120 cm³/mol. The average molecular weight is 442 g/mol. The number of aromatic nitrogens is 4. The molecule has 0 radical (unpaired) electrons. The summed E-state index contributed by atoms with van der Waals surface area (Å²) < 4.78 is 7.25. The maximum atomic E-state index is 12.4. The summed E-state index contributed by atoms with van der Waals surface area (Å²) in [5, 5.41) is 13.9. The first-order valence-corrected chi connectivity index (χ1v) is 10.7. The number of anilines is 1. The molecule has 0 aliphatic rings. The third-order valence-corrected chi connectivity index (χ3v) is 5.75. The molecule has 2 aromatic carbocycles. The highest BCUT2D eigenvalue weighted by atomic mass is 35.5. The van der Waals surface area contributed by atoms with E-state index < -0.39 is 0 Å². The highest BCUT2D eigenvalue weighted by molar-refractivity contribution is 7.99. The second-order valence-electron chi connectivity index (χ2n) is 6.54. The Balaban J connectivity index is 1.53. The van der Waals surface area contributed by atoms with E-state index in [9.17, 15) is 4.79 Å². The number of benzene rings is 2. The minimum absolute atomic E-state index is 0.128. The number of para-hydroxylation sites is 1. The molecule has 0 atom stereocenters. The molecule has 0 aliphatic heterocycles. The van der Waals surface area contributed by atoms with Crippen molar-refractivity contribution in [3.63, 3.8) is 0 Å². The largest absolute Gasteiger partial charge is 0.383 e. The lowest BCUT2D eigenvalue weighted by Gasteiger charge is -2.09. The van der Waals surface area contributed by atoms with Gasteiger partial charge in [-0.2, -0.15) is 0 Å². The molecule has 0 bridgehead atoms. The van der Waals surface area contributed by atoms with Crippen molar-refractivity contribution in [2.24, 2.45) is 0 Å². The molecule has 2 N–H and O–H groups in total. The lowest BCUT2D eigenvalue weighted by molar-refractivity contribution is -0.113. The topological polar surface area (TPSA) is 84.8 Å². The molecule has 2 aromatic heterocycles. The van der Waals surface area contributed by atoms with Gasteiger partial charge < -0.3 is 15.0 Å². The second-order valence-corrected chi connectivity index (χ2v) is 7.92. The minimum Gasteiger partial charge on any atom is -0.383 e. The summed E-state index contributed by atoms with van der Waals surface area (Å²) in [4.78, 5) is 15.6. The van der Waals surface area contributed by atoms with Gasteiger partial charge in [0, 0.05) is 40.5 Å². The van der Waals surface area contributed by atoms with Crippen molar-refractivity contribution >= 4 is 45.9 Å². The first kappa shape index (κ1) is 20.5. The van der Waals surface area contributed by atoms with Gasteiger partial charge in [0.1, 0.15) is 0 Å². The molecule has 4 rings (SSSR count). The van der Waals surface area contributed by atoms with Crippen LogP contribution < -0.4 is 5.32 Å². The number of rotatable bonds is 8. The molecule has 4 aromatic rings. The number of aromatic amines is 1. The van der Waals surface area contributed by atoms with Crippen LogP contribution >= 0.6 is 23.4 Å². The number of H-pyrrole nitrogens is 1. The summed E-state index contributed by atoms with van der Waals surface area (Å²) >= 11 is 7.22. The van der Waals surface area contributed by atoms with Gasteiger partial charge in [-0.3, -0.25) is 9.36 Å². The highest BCUT2D eigenvalue weighted by Crippen LogP contribution is 2.30. The van der Waals surface area contributed by atoms with Gasteiger partial charge in [-0.05, 0) is 30.3 Å². The molecular weight excluding hydrogens is 422 g/mol. The van der Waals surface area contributed by atoms with Gasteiger partial charge in [-0.25, -0.2) is 0 Å². The molecular formula is C21H20ClN5O2S. The molecule has 7 nitrogen and oxygen atoms in total. The summed E-state index contributed by atoms with van der Waals surface area (Å²) in [7, 11) is 1.65. The van der Waals surface area contributed by atoms with Gasteiger partial charge in [0.25, 0.3) is 0 Å². The molecule has 1 amide bonds. The summed E-state index contributed by atoms with van der Waals surface area (Å²) in [6.45, 7) is 1.09. The Bertz CT molecular complexity index is 1160. The normalized spacial score (nSPS) is 11.1. The highest BCUT2D eigenvalue weighted by Gasteiger charge is 2.18. The van der Waals surface area contributed by atoms with Crippen LogP contribution in [0.1, 0.15) is 0 Å². The third-order valence-electron chi connectivity index (χ3n) is 4.53. The number of fused-ring (bicyclic) bond motifs is 1. The maximum Gasteiger partial charge on any atom is 0.234 e. The smallest absolute Gasteiger partial charge is 0.234 e. The van der Waals surface area contributed by atoms with E-state index >= 15 is 0 Å². The molecule has 0 spiro atoms. The van der Waals surface area contributed by atoms with Crippen LogP contribution in [0, 0.1) is 0 Å². The van der Waals surface area contributed by atoms with E-state index in [0.717, 1.165) is 22.3 Å². The zero-order chi connectivity index (χ0) is 20.9. The lowest BCUT2D eigenvalue weighted by atomic mass is 10.1. The monoisotopic (exact) mass is 441 g/mol. The number of halogens is 1. The van der Waals surface area contributed by atoms with Gasteiger partial charge in [0.05, 0.1) is 18.9 Å². The quantitative estimate of drug-likeness (QED) is 0.394. The van der Waals surface area contributed by atoms with Crippen molar-refractivity contribution in [1.29, 1.82) is 0 Å². The Kier molecular flexibility index (Phi) is 6.37. The number of nitrogens with zero attached hydrogens (tertiary/aromatic N) is 3. The van der Waals surface area contributed by atoms with E-state index in [1.165, 1.54) is 11.8 Å². The van der Waals surface area contributed by atoms with Crippen LogP contribution in [0.5, 0.6) is 0 Å². The number of methoxy groups -OCH3 is 1. The summed E-state index contributed by atoms with van der Waals surface area (Å²) in [5.74, 6) is 0.823. The van der Waals surface area contributed by atoms with Crippen LogP contribution in [-0.2, 0) is 16.1 Å². The van der Waals surface area contributed by atoms with Crippen LogP contribution in [0.4, 0.5) is 5.69 Å². The van der Waals surface area contributed by atoms with Gasteiger partial charge in [0.2, 0.25) is 5.91 Å². The van der Waals surface area contributed by atoms with E-state index in [0.29, 0.717) is 29.0 Å². The predicted octanol–water partition coefficient (Wildman–Crippen LogP) is 4.46. The molecule has 2 heterocycles. The second kappa shape index (κ2) is 9.34. The molecule has 154 valence electrons. The first-order chi connectivity index (χ1) is 14.7. The van der Waals surface area contributed by atoms with Gasteiger partial charge >= 0.3 is 0 Å². The van der Waals surface area contributed by atoms with Crippen molar-refractivity contribution in [1.82, 2.24) is 19.7 Å². The standard InChI is InChI=1S/C21H20ClN5O2S/c1-29-11-10-27-20(17-12-23-18-5-3-2-4-16(17)18)25-26-21(27)30-13-19(28)24-15-8-6-14(22)7-9-15/h2-9,12,23H,10-11,13H2,1H3,(H,24,28). The van der Waals surface area contributed by atoms with Crippen LogP contribution in [0.25, 0.3) is 22.3 Å². The Morgan fingerprint density at radius 2 is 2.00 bits per heavy atom. The number of ether oxygens (including phenoxy) is 1. The Hall–Kier alpha value is -2.81. The summed E-state index contributed by atoms with van der Waals surface area (Å²) in [6.07, 6.45) is 1.93. The number of hydrogen-bond acceptors (Lipinski definition) is 5. The molecule has 0 saturated carbocycles. The molecule has 0 aliphatic carbocycles. The minimum atomic E-state index is -0.128. The summed E-state index contributed by atoms with van der Waals surface area (Å²) in [6, 6.07) is 15.0. The van der Waals surface area contributed by atoms with Gasteiger partial charge in [0.15, 0.2) is 11.0 Å². The first-order valence-electron chi connectivity index (χ1n) is 9.32. The Labute approximate surface area is 182 Å². The van der Waals surface area contributed by atoms with Gasteiger partial charge in [-0.1, -0.05) is 41.6 Å². The number of carbonyl (C=O) groups is 1. The van der Waals surface area contributed by atoms with E-state index in [1.54, 1.807) is 31.4 Å². The molecule has 0 fully saturated rings. The fourth-order valence-electron chi connectivity index (χ4n) is 3.10. The van der Waals surface area contributed by atoms with Crippen molar-refractivity contribution in [2.75, 3.05) is 24.8 Å². The zero-order valence-corrected chi connectivity index (χ0v) is 17.8. The van der Waals surface area contributed by atoms with Crippen molar-refractivity contribution in [3.05, 3.63) is 59.8 Å². The zero-order valence-electron chi connectivity index (χ0n) is 16.3.